The molecule has 0 amide bonds. The Labute approximate surface area is 101 Å². The number of hydrogen-bond acceptors (Lipinski definition) is 2. The third-order valence-corrected chi connectivity index (χ3v) is 4.29. The highest BCUT2D eigenvalue weighted by atomic mass is 16.5. The molecule has 1 aliphatic carbocycles. The van der Waals surface area contributed by atoms with Gasteiger partial charge in [-0.2, -0.15) is 0 Å². The van der Waals surface area contributed by atoms with E-state index in [-0.39, 0.29) is 0 Å². The van der Waals surface area contributed by atoms with Crippen LogP contribution in [-0.4, -0.2) is 24.8 Å². The zero-order valence-electron chi connectivity index (χ0n) is 11.7. The van der Waals surface area contributed by atoms with Crippen LogP contribution < -0.4 is 5.32 Å². The SMILES string of the molecule is CCCC(C)OC1CC(NCC)C1(C)CC. The third-order valence-electron chi connectivity index (χ3n) is 4.29. The minimum Gasteiger partial charge on any atom is -0.375 e. The summed E-state index contributed by atoms with van der Waals surface area (Å²) in [5.41, 5.74) is 0.345. The maximum Gasteiger partial charge on any atom is 0.0662 e. The molecule has 1 aliphatic rings. The maximum atomic E-state index is 6.17. The molecule has 0 aromatic rings. The van der Waals surface area contributed by atoms with Crippen molar-refractivity contribution in [3.05, 3.63) is 0 Å². The van der Waals surface area contributed by atoms with Crippen LogP contribution in [0.1, 0.15) is 60.3 Å². The van der Waals surface area contributed by atoms with Gasteiger partial charge in [-0.3, -0.25) is 0 Å². The van der Waals surface area contributed by atoms with E-state index in [1.54, 1.807) is 0 Å². The van der Waals surface area contributed by atoms with Gasteiger partial charge in [-0.1, -0.05) is 34.1 Å². The van der Waals surface area contributed by atoms with E-state index in [1.165, 1.54) is 25.7 Å². The molecule has 0 heterocycles. The monoisotopic (exact) mass is 227 g/mol. The number of rotatable bonds is 7. The van der Waals surface area contributed by atoms with Crippen LogP contribution >= 0.6 is 0 Å². The van der Waals surface area contributed by atoms with Crippen molar-refractivity contribution in [3.63, 3.8) is 0 Å². The van der Waals surface area contributed by atoms with Gasteiger partial charge in [0.05, 0.1) is 12.2 Å². The largest absolute Gasteiger partial charge is 0.375 e. The fraction of sp³-hybridized carbons (Fsp3) is 1.00. The molecule has 16 heavy (non-hydrogen) atoms. The van der Waals surface area contributed by atoms with Gasteiger partial charge >= 0.3 is 0 Å². The molecule has 0 saturated heterocycles. The second kappa shape index (κ2) is 6.02. The minimum absolute atomic E-state index is 0.345. The van der Waals surface area contributed by atoms with Gasteiger partial charge in [-0.25, -0.2) is 0 Å². The molecule has 1 rings (SSSR count). The van der Waals surface area contributed by atoms with Crippen molar-refractivity contribution in [2.45, 2.75) is 78.6 Å². The van der Waals surface area contributed by atoms with Gasteiger partial charge in [0.15, 0.2) is 0 Å². The van der Waals surface area contributed by atoms with E-state index in [1.807, 2.05) is 0 Å². The van der Waals surface area contributed by atoms with Crippen molar-refractivity contribution >= 4 is 0 Å². The highest BCUT2D eigenvalue weighted by molar-refractivity contribution is 5.04. The van der Waals surface area contributed by atoms with Gasteiger partial charge in [-0.05, 0) is 32.7 Å². The molecular formula is C14H29NO. The molecule has 1 fully saturated rings. The van der Waals surface area contributed by atoms with E-state index in [0.717, 1.165) is 6.54 Å². The first-order chi connectivity index (χ1) is 7.58. The van der Waals surface area contributed by atoms with E-state index in [9.17, 15) is 0 Å². The molecule has 0 radical (unpaired) electrons. The van der Waals surface area contributed by atoms with Gasteiger partial charge in [0, 0.05) is 11.5 Å². The van der Waals surface area contributed by atoms with Crippen LogP contribution in [0.5, 0.6) is 0 Å². The second-order valence-corrected chi connectivity index (χ2v) is 5.43. The Morgan fingerprint density at radius 3 is 2.56 bits per heavy atom. The number of ether oxygens (including phenoxy) is 1. The Balaban J connectivity index is 2.45. The van der Waals surface area contributed by atoms with Crippen LogP contribution in [0.25, 0.3) is 0 Å². The van der Waals surface area contributed by atoms with Gasteiger partial charge in [0.1, 0.15) is 0 Å². The van der Waals surface area contributed by atoms with E-state index in [4.69, 9.17) is 4.74 Å². The molecule has 96 valence electrons. The van der Waals surface area contributed by atoms with E-state index in [2.05, 4.69) is 39.9 Å². The lowest BCUT2D eigenvalue weighted by molar-refractivity contribution is -0.153. The average Bonchev–Trinajstić information content (AvgIpc) is 2.27. The Bertz CT molecular complexity index is 207. The predicted molar refractivity (Wildman–Crippen MR) is 69.7 cm³/mol. The summed E-state index contributed by atoms with van der Waals surface area (Å²) >= 11 is 0. The summed E-state index contributed by atoms with van der Waals surface area (Å²) in [5.74, 6) is 0. The van der Waals surface area contributed by atoms with Gasteiger partial charge < -0.3 is 10.1 Å². The first-order valence-corrected chi connectivity index (χ1v) is 6.97. The summed E-state index contributed by atoms with van der Waals surface area (Å²) < 4.78 is 6.17. The minimum atomic E-state index is 0.345. The zero-order chi connectivity index (χ0) is 12.2. The summed E-state index contributed by atoms with van der Waals surface area (Å²) in [7, 11) is 0. The molecule has 0 spiro atoms. The molecule has 1 saturated carbocycles. The summed E-state index contributed by atoms with van der Waals surface area (Å²) in [4.78, 5) is 0. The fourth-order valence-electron chi connectivity index (χ4n) is 2.82. The summed E-state index contributed by atoms with van der Waals surface area (Å²) in [5, 5.41) is 3.58. The molecule has 0 aromatic heterocycles. The normalized spacial score (nSPS) is 35.8. The van der Waals surface area contributed by atoms with Crippen LogP contribution in [0.2, 0.25) is 0 Å². The maximum absolute atomic E-state index is 6.17. The van der Waals surface area contributed by atoms with Crippen molar-refractivity contribution in [3.8, 4) is 0 Å². The van der Waals surface area contributed by atoms with Crippen LogP contribution in [0.15, 0.2) is 0 Å². The molecule has 0 aliphatic heterocycles. The Morgan fingerprint density at radius 1 is 1.38 bits per heavy atom. The van der Waals surface area contributed by atoms with Crippen molar-refractivity contribution < 1.29 is 4.74 Å². The molecule has 0 bridgehead atoms. The third kappa shape index (κ3) is 2.78. The standard InChI is InChI=1S/C14H29NO/c1-6-9-11(4)16-13-10-12(15-8-3)14(13,5)7-2/h11-13,15H,6-10H2,1-5H3. The Morgan fingerprint density at radius 2 is 2.06 bits per heavy atom. The van der Waals surface area contributed by atoms with E-state index in [0.29, 0.717) is 23.7 Å². The van der Waals surface area contributed by atoms with Crippen molar-refractivity contribution in [2.75, 3.05) is 6.54 Å². The zero-order valence-corrected chi connectivity index (χ0v) is 11.7. The van der Waals surface area contributed by atoms with Crippen LogP contribution in [0.3, 0.4) is 0 Å². The molecule has 4 unspecified atom stereocenters. The topological polar surface area (TPSA) is 21.3 Å². The summed E-state index contributed by atoms with van der Waals surface area (Å²) in [6.45, 7) is 12.3. The molecule has 2 heteroatoms. The number of hydrogen-bond donors (Lipinski definition) is 1. The second-order valence-electron chi connectivity index (χ2n) is 5.43. The summed E-state index contributed by atoms with van der Waals surface area (Å²) in [6.07, 6.45) is 5.67. The quantitative estimate of drug-likeness (QED) is 0.720. The van der Waals surface area contributed by atoms with Gasteiger partial charge in [-0.15, -0.1) is 0 Å². The highest BCUT2D eigenvalue weighted by Gasteiger charge is 2.51. The van der Waals surface area contributed by atoms with Crippen LogP contribution in [-0.2, 0) is 4.74 Å². The average molecular weight is 227 g/mol. The van der Waals surface area contributed by atoms with Crippen molar-refractivity contribution in [1.82, 2.24) is 5.32 Å². The first-order valence-electron chi connectivity index (χ1n) is 6.97. The highest BCUT2D eigenvalue weighted by Crippen LogP contribution is 2.46. The van der Waals surface area contributed by atoms with E-state index < -0.39 is 0 Å². The Kier molecular flexibility index (Phi) is 5.26. The Hall–Kier alpha value is -0.0800. The van der Waals surface area contributed by atoms with Crippen LogP contribution in [0.4, 0.5) is 0 Å². The molecule has 0 aromatic carbocycles. The summed E-state index contributed by atoms with van der Waals surface area (Å²) in [6, 6.07) is 0.654. The molecule has 2 nitrogen and oxygen atoms in total. The lowest BCUT2D eigenvalue weighted by Crippen LogP contribution is -2.62. The lowest BCUT2D eigenvalue weighted by Gasteiger charge is -2.54. The van der Waals surface area contributed by atoms with E-state index >= 15 is 0 Å². The van der Waals surface area contributed by atoms with Crippen molar-refractivity contribution in [1.29, 1.82) is 0 Å². The number of nitrogens with one attached hydrogen (secondary N) is 1. The molecule has 1 N–H and O–H groups in total. The first kappa shape index (κ1) is 14.0. The van der Waals surface area contributed by atoms with Gasteiger partial charge in [0.25, 0.3) is 0 Å². The molecule has 4 atom stereocenters. The molecular weight excluding hydrogens is 198 g/mol. The van der Waals surface area contributed by atoms with Crippen molar-refractivity contribution in [2.24, 2.45) is 5.41 Å². The smallest absolute Gasteiger partial charge is 0.0662 e. The van der Waals surface area contributed by atoms with Crippen LogP contribution in [0, 0.1) is 5.41 Å². The predicted octanol–water partition coefficient (Wildman–Crippen LogP) is 3.36. The fourth-order valence-corrected chi connectivity index (χ4v) is 2.82. The lowest BCUT2D eigenvalue weighted by atomic mass is 9.61. The van der Waals surface area contributed by atoms with Gasteiger partial charge in [0.2, 0.25) is 0 Å².